The maximum atomic E-state index is 3.26. The zero-order chi connectivity index (χ0) is 4.83. The lowest BCUT2D eigenvalue weighted by atomic mass is 10.6. The first kappa shape index (κ1) is 4.99. The van der Waals surface area contributed by atoms with Gasteiger partial charge in [-0.1, -0.05) is 0 Å². The maximum Gasteiger partial charge on any atom is -0.00338 e. The average molecular weight is 77.1 g/mol. The number of hydrogen-bond acceptors (Lipinski definition) is 0. The lowest BCUT2D eigenvalue weighted by molar-refractivity contribution is 1.92. The van der Waals surface area contributed by atoms with Crippen LogP contribution in [-0.4, -0.2) is 0 Å². The van der Waals surface area contributed by atoms with Crippen molar-refractivity contribution in [3.8, 4) is 23.7 Å². The third-order valence-electron chi connectivity index (χ3n) is 0.276. The summed E-state index contributed by atoms with van der Waals surface area (Å²) in [6.07, 6.45) is 0. The summed E-state index contributed by atoms with van der Waals surface area (Å²) in [4.78, 5) is 0. The second-order valence-corrected chi connectivity index (χ2v) is 0.677. The Morgan fingerprint density at radius 2 is 2.00 bits per heavy atom. The highest BCUT2D eigenvalue weighted by Gasteiger charge is 1.28. The highest BCUT2D eigenvalue weighted by molar-refractivity contribution is 5.25. The van der Waals surface area contributed by atoms with Crippen LogP contribution in [0.1, 0.15) is 6.92 Å². The van der Waals surface area contributed by atoms with Crippen molar-refractivity contribution < 1.29 is 0 Å². The van der Waals surface area contributed by atoms with Gasteiger partial charge in [0.05, 0.1) is 0 Å². The van der Waals surface area contributed by atoms with Crippen LogP contribution in [0.15, 0.2) is 0 Å². The third kappa shape index (κ3) is 2.99. The summed E-state index contributed by atoms with van der Waals surface area (Å²) in [7, 11) is 0. The van der Waals surface area contributed by atoms with E-state index < -0.39 is 0 Å². The lowest BCUT2D eigenvalue weighted by Gasteiger charge is -1.64. The molecule has 0 saturated carbocycles. The fraction of sp³-hybridized carbons (Fsp3) is 0.167. The smallest absolute Gasteiger partial charge is 0.00338 e. The molecule has 0 radical (unpaired) electrons. The molecular formula is C6H5-. The summed E-state index contributed by atoms with van der Waals surface area (Å²) in [5, 5.41) is 0. The Morgan fingerprint density at radius 3 is 2.17 bits per heavy atom. The minimum absolute atomic E-state index is 1.74. The summed E-state index contributed by atoms with van der Waals surface area (Å²) in [6, 6.07) is 0. The molecule has 0 saturated heterocycles. The molecule has 0 unspecified atom stereocenters. The van der Waals surface area contributed by atoms with Gasteiger partial charge in [0.1, 0.15) is 0 Å². The Kier molecular flexibility index (Phi) is 3.32. The first-order chi connectivity index (χ1) is 2.91. The van der Waals surface area contributed by atoms with E-state index in [0.29, 0.717) is 0 Å². The van der Waals surface area contributed by atoms with E-state index in [9.17, 15) is 0 Å². The van der Waals surface area contributed by atoms with Crippen LogP contribution in [0.3, 0.4) is 0 Å². The maximum absolute atomic E-state index is 3.26. The van der Waals surface area contributed by atoms with Gasteiger partial charge in [0.2, 0.25) is 0 Å². The Bertz CT molecular complexity index is 104. The molecule has 0 aliphatic carbocycles. The molecule has 0 aromatic rings. The van der Waals surface area contributed by atoms with Gasteiger partial charge >= 0.3 is 0 Å². The highest BCUT2D eigenvalue weighted by Crippen LogP contribution is 1.47. The molecule has 0 spiro atoms. The Hall–Kier alpha value is -1.01. The average Bonchev–Trinajstić information content (AvgIpc) is 1.61. The standard InChI is InChI=1S/C6H5/c1-3-5-6-4-2/h1H2,2H3/q-1. The summed E-state index contributed by atoms with van der Waals surface area (Å²) < 4.78 is 0. The fourth-order valence-electron chi connectivity index (χ4n) is 0.107. The molecule has 0 N–H and O–H groups in total. The monoisotopic (exact) mass is 77.0 g/mol. The van der Waals surface area contributed by atoms with Crippen LogP contribution in [-0.2, 0) is 0 Å². The molecular weight excluding hydrogens is 72.1 g/mol. The SMILES string of the molecule is [CH2-]C#CC#CC. The number of hydrogen-bond donors (Lipinski definition) is 0. The Balaban J connectivity index is 3.43. The first-order valence-electron chi connectivity index (χ1n) is 1.60. The molecule has 0 aromatic heterocycles. The molecule has 30 valence electrons. The van der Waals surface area contributed by atoms with Gasteiger partial charge in [-0.05, 0) is 6.92 Å². The molecule has 0 aliphatic rings. The van der Waals surface area contributed by atoms with E-state index in [1.165, 1.54) is 0 Å². The summed E-state index contributed by atoms with van der Waals surface area (Å²) in [6.45, 7) is 5.00. The van der Waals surface area contributed by atoms with Crippen molar-refractivity contribution in [1.82, 2.24) is 0 Å². The number of rotatable bonds is 0. The van der Waals surface area contributed by atoms with Crippen LogP contribution >= 0.6 is 0 Å². The zero-order valence-corrected chi connectivity index (χ0v) is 3.71. The summed E-state index contributed by atoms with van der Waals surface area (Å²) in [5.41, 5.74) is 0. The van der Waals surface area contributed by atoms with Crippen LogP contribution in [0.4, 0.5) is 0 Å². The molecule has 0 amide bonds. The van der Waals surface area contributed by atoms with E-state index in [-0.39, 0.29) is 0 Å². The lowest BCUT2D eigenvalue weighted by Crippen LogP contribution is -1.43. The molecule has 0 fully saturated rings. The van der Waals surface area contributed by atoms with Gasteiger partial charge in [0.15, 0.2) is 0 Å². The van der Waals surface area contributed by atoms with Crippen molar-refractivity contribution in [2.45, 2.75) is 6.92 Å². The van der Waals surface area contributed by atoms with Crippen molar-refractivity contribution in [2.24, 2.45) is 0 Å². The first-order valence-corrected chi connectivity index (χ1v) is 1.60. The predicted octanol–water partition coefficient (Wildman–Crippen LogP) is 0.847. The second-order valence-electron chi connectivity index (χ2n) is 0.677. The topological polar surface area (TPSA) is 0 Å². The van der Waals surface area contributed by atoms with Crippen molar-refractivity contribution in [1.29, 1.82) is 0 Å². The van der Waals surface area contributed by atoms with Gasteiger partial charge in [0, 0.05) is 0 Å². The van der Waals surface area contributed by atoms with E-state index in [1.807, 2.05) is 0 Å². The summed E-state index contributed by atoms with van der Waals surface area (Å²) in [5.74, 6) is 10.0. The quantitative estimate of drug-likeness (QED) is 0.297. The van der Waals surface area contributed by atoms with Crippen LogP contribution < -0.4 is 0 Å². The normalized spacial score (nSPS) is 3.50. The van der Waals surface area contributed by atoms with Gasteiger partial charge in [-0.3, -0.25) is 5.92 Å². The van der Waals surface area contributed by atoms with Crippen LogP contribution in [0.2, 0.25) is 0 Å². The minimum Gasteiger partial charge on any atom is -0.284 e. The Labute approximate surface area is 38.6 Å². The summed E-state index contributed by atoms with van der Waals surface area (Å²) >= 11 is 0. The third-order valence-corrected chi connectivity index (χ3v) is 0.276. The molecule has 0 heteroatoms. The van der Waals surface area contributed by atoms with Gasteiger partial charge in [-0.15, -0.1) is 11.8 Å². The molecule has 0 aromatic carbocycles. The van der Waals surface area contributed by atoms with E-state index in [4.69, 9.17) is 0 Å². The van der Waals surface area contributed by atoms with Crippen molar-refractivity contribution >= 4 is 0 Å². The van der Waals surface area contributed by atoms with E-state index in [1.54, 1.807) is 6.92 Å². The largest absolute Gasteiger partial charge is 0.284 e. The highest BCUT2D eigenvalue weighted by atomic mass is 13.5. The molecule has 0 atom stereocenters. The van der Waals surface area contributed by atoms with Crippen molar-refractivity contribution in [3.63, 3.8) is 0 Å². The van der Waals surface area contributed by atoms with Gasteiger partial charge in [0.25, 0.3) is 0 Å². The Morgan fingerprint density at radius 1 is 1.33 bits per heavy atom. The molecule has 0 aliphatic heterocycles. The van der Waals surface area contributed by atoms with Crippen LogP contribution in [0.25, 0.3) is 0 Å². The molecule has 0 rings (SSSR count). The zero-order valence-electron chi connectivity index (χ0n) is 3.71. The molecule has 0 nitrogen and oxygen atoms in total. The van der Waals surface area contributed by atoms with Gasteiger partial charge in [-0.2, -0.15) is 6.92 Å². The van der Waals surface area contributed by atoms with Crippen molar-refractivity contribution in [3.05, 3.63) is 6.92 Å². The fourth-order valence-corrected chi connectivity index (χ4v) is 0.107. The van der Waals surface area contributed by atoms with Crippen LogP contribution in [0, 0.1) is 30.6 Å². The second kappa shape index (κ2) is 3.99. The van der Waals surface area contributed by atoms with E-state index >= 15 is 0 Å². The van der Waals surface area contributed by atoms with E-state index in [0.717, 1.165) is 0 Å². The molecule has 6 heavy (non-hydrogen) atoms. The predicted molar refractivity (Wildman–Crippen MR) is 26.6 cm³/mol. The van der Waals surface area contributed by atoms with E-state index in [2.05, 4.69) is 30.6 Å². The van der Waals surface area contributed by atoms with Gasteiger partial charge < -0.3 is 0 Å². The molecule has 0 heterocycles. The minimum atomic E-state index is 1.74. The van der Waals surface area contributed by atoms with Crippen molar-refractivity contribution in [2.75, 3.05) is 0 Å². The van der Waals surface area contributed by atoms with Crippen LogP contribution in [0.5, 0.6) is 0 Å². The van der Waals surface area contributed by atoms with Gasteiger partial charge in [-0.25, -0.2) is 5.92 Å². The molecule has 0 bridgehead atoms.